The van der Waals surface area contributed by atoms with E-state index in [-0.39, 0.29) is 5.91 Å². The first-order chi connectivity index (χ1) is 9.36. The van der Waals surface area contributed by atoms with Gasteiger partial charge in [-0.15, -0.1) is 0 Å². The van der Waals surface area contributed by atoms with Crippen LogP contribution in [0, 0.1) is 13.8 Å². The van der Waals surface area contributed by atoms with Gasteiger partial charge in [-0.25, -0.2) is 0 Å². The van der Waals surface area contributed by atoms with Crippen LogP contribution in [-0.4, -0.2) is 12.5 Å². The van der Waals surface area contributed by atoms with Crippen molar-refractivity contribution in [1.29, 1.82) is 0 Å². The molecule has 1 aromatic carbocycles. The zero-order valence-electron chi connectivity index (χ0n) is 13.6. The van der Waals surface area contributed by atoms with Crippen molar-refractivity contribution in [2.45, 2.75) is 41.5 Å². The quantitative estimate of drug-likeness (QED) is 0.811. The molecule has 2 nitrogen and oxygen atoms in total. The van der Waals surface area contributed by atoms with Gasteiger partial charge in [-0.05, 0) is 45.7 Å². The number of rotatable bonds is 3. The van der Waals surface area contributed by atoms with Crippen LogP contribution in [0.15, 0.2) is 35.9 Å². The molecule has 0 aliphatic carbocycles. The van der Waals surface area contributed by atoms with Crippen LogP contribution in [0.25, 0.3) is 6.08 Å². The Morgan fingerprint density at radius 1 is 1.20 bits per heavy atom. The lowest BCUT2D eigenvalue weighted by Gasteiger charge is -2.00. The minimum absolute atomic E-state index is 0.0394. The molecule has 1 N–H and O–H groups in total. The zero-order valence-corrected chi connectivity index (χ0v) is 13.6. The van der Waals surface area contributed by atoms with Crippen LogP contribution in [-0.2, 0) is 4.79 Å². The van der Waals surface area contributed by atoms with E-state index >= 15 is 0 Å². The average Bonchev–Trinajstić information content (AvgIpc) is 2.32. The summed E-state index contributed by atoms with van der Waals surface area (Å²) in [5.41, 5.74) is 5.28. The van der Waals surface area contributed by atoms with Crippen LogP contribution in [0.2, 0.25) is 0 Å². The molecular weight excluding hydrogens is 246 g/mol. The Hall–Kier alpha value is -1.83. The van der Waals surface area contributed by atoms with Crippen molar-refractivity contribution in [3.8, 4) is 0 Å². The molecule has 0 heterocycles. The smallest absolute Gasteiger partial charge is 0.216 e. The molecule has 0 aliphatic heterocycles. The molecule has 0 unspecified atom stereocenters. The van der Waals surface area contributed by atoms with Crippen LogP contribution in [0.4, 0.5) is 0 Å². The predicted octanol–water partition coefficient (Wildman–Crippen LogP) is 4.43. The fraction of sp³-hybridized carbons (Fsp3) is 0.389. The molecule has 2 heteroatoms. The molecule has 0 saturated carbocycles. The van der Waals surface area contributed by atoms with Crippen LogP contribution in [0.5, 0.6) is 0 Å². The predicted molar refractivity (Wildman–Crippen MR) is 88.7 cm³/mol. The highest BCUT2D eigenvalue weighted by Crippen LogP contribution is 2.12. The Kier molecular flexibility index (Phi) is 9.10. The van der Waals surface area contributed by atoms with Gasteiger partial charge >= 0.3 is 0 Å². The Labute approximate surface area is 123 Å². The molecule has 0 aromatic heterocycles. The van der Waals surface area contributed by atoms with Gasteiger partial charge in [-0.2, -0.15) is 0 Å². The number of amides is 1. The first kappa shape index (κ1) is 18.2. The Balaban J connectivity index is 0.000000511. The number of allylic oxidation sites excluding steroid dienone is 3. The summed E-state index contributed by atoms with van der Waals surface area (Å²) in [6, 6.07) is 6.53. The number of hydrogen-bond donors (Lipinski definition) is 1. The third-order valence-corrected chi connectivity index (χ3v) is 2.56. The fourth-order valence-electron chi connectivity index (χ4n) is 1.61. The summed E-state index contributed by atoms with van der Waals surface area (Å²) < 4.78 is 0. The summed E-state index contributed by atoms with van der Waals surface area (Å²) in [4.78, 5) is 9.93. The van der Waals surface area contributed by atoms with Crippen LogP contribution in [0.3, 0.4) is 0 Å². The summed E-state index contributed by atoms with van der Waals surface area (Å²) in [7, 11) is 0. The van der Waals surface area contributed by atoms with Crippen molar-refractivity contribution in [3.05, 3.63) is 52.6 Å². The van der Waals surface area contributed by atoms with Gasteiger partial charge in [0.15, 0.2) is 0 Å². The van der Waals surface area contributed by atoms with Gasteiger partial charge < -0.3 is 5.32 Å². The minimum Gasteiger partial charge on any atom is -0.357 e. The fourth-order valence-corrected chi connectivity index (χ4v) is 1.61. The average molecular weight is 273 g/mol. The summed E-state index contributed by atoms with van der Waals surface area (Å²) >= 11 is 0. The molecule has 0 aliphatic rings. The molecule has 0 fully saturated rings. The largest absolute Gasteiger partial charge is 0.357 e. The number of hydrogen-bond acceptors (Lipinski definition) is 1. The summed E-state index contributed by atoms with van der Waals surface area (Å²) in [5.74, 6) is 0.0394. The lowest BCUT2D eigenvalue weighted by Crippen LogP contribution is -2.18. The van der Waals surface area contributed by atoms with E-state index in [2.05, 4.69) is 69.4 Å². The maximum Gasteiger partial charge on any atom is 0.216 e. The highest BCUT2D eigenvalue weighted by Gasteiger charge is 1.92. The molecular formula is C18H27NO. The highest BCUT2D eigenvalue weighted by molar-refractivity contribution is 5.72. The van der Waals surface area contributed by atoms with E-state index in [0.717, 1.165) is 6.54 Å². The summed E-state index contributed by atoms with van der Waals surface area (Å²) in [6.07, 6.45) is 6.38. The molecule has 110 valence electrons. The van der Waals surface area contributed by atoms with Crippen LogP contribution < -0.4 is 5.32 Å². The molecule has 0 atom stereocenters. The SMILES string of the molecule is CC(C)=C/C=C\c1ccc(C)cc1C.CCNC(C)=O. The van der Waals surface area contributed by atoms with Gasteiger partial charge in [-0.1, -0.05) is 47.6 Å². The second-order valence-electron chi connectivity index (χ2n) is 5.05. The lowest BCUT2D eigenvalue weighted by molar-refractivity contribution is -0.118. The van der Waals surface area contributed by atoms with Crippen molar-refractivity contribution >= 4 is 12.0 Å². The van der Waals surface area contributed by atoms with Gasteiger partial charge in [0.1, 0.15) is 0 Å². The van der Waals surface area contributed by atoms with Crippen molar-refractivity contribution in [3.63, 3.8) is 0 Å². The third kappa shape index (κ3) is 9.15. The molecule has 0 spiro atoms. The van der Waals surface area contributed by atoms with Gasteiger partial charge in [0, 0.05) is 13.5 Å². The first-order valence-electron chi connectivity index (χ1n) is 7.00. The van der Waals surface area contributed by atoms with Crippen LogP contribution >= 0.6 is 0 Å². The molecule has 20 heavy (non-hydrogen) atoms. The van der Waals surface area contributed by atoms with E-state index in [4.69, 9.17) is 0 Å². The lowest BCUT2D eigenvalue weighted by atomic mass is 10.1. The second kappa shape index (κ2) is 10.0. The molecule has 0 saturated heterocycles. The van der Waals surface area contributed by atoms with Crippen molar-refractivity contribution in [2.24, 2.45) is 0 Å². The van der Waals surface area contributed by atoms with Gasteiger partial charge in [-0.3, -0.25) is 4.79 Å². The third-order valence-electron chi connectivity index (χ3n) is 2.56. The van der Waals surface area contributed by atoms with E-state index < -0.39 is 0 Å². The number of aryl methyl sites for hydroxylation is 2. The van der Waals surface area contributed by atoms with E-state index in [9.17, 15) is 4.79 Å². The second-order valence-corrected chi connectivity index (χ2v) is 5.05. The van der Waals surface area contributed by atoms with Gasteiger partial charge in [0.25, 0.3) is 0 Å². The van der Waals surface area contributed by atoms with E-state index in [0.29, 0.717) is 0 Å². The molecule has 0 bridgehead atoms. The first-order valence-corrected chi connectivity index (χ1v) is 7.00. The Bertz CT molecular complexity index is 480. The summed E-state index contributed by atoms with van der Waals surface area (Å²) in [5, 5.41) is 2.57. The molecule has 1 rings (SSSR count). The molecule has 1 amide bonds. The van der Waals surface area contributed by atoms with Crippen LogP contribution in [0.1, 0.15) is 44.4 Å². The minimum atomic E-state index is 0.0394. The van der Waals surface area contributed by atoms with E-state index in [1.165, 1.54) is 29.2 Å². The topological polar surface area (TPSA) is 29.1 Å². The van der Waals surface area contributed by atoms with Gasteiger partial charge in [0.2, 0.25) is 5.91 Å². The summed E-state index contributed by atoms with van der Waals surface area (Å²) in [6.45, 7) is 12.6. The Morgan fingerprint density at radius 3 is 2.25 bits per heavy atom. The van der Waals surface area contributed by atoms with Crippen molar-refractivity contribution < 1.29 is 4.79 Å². The number of carbonyl (C=O) groups excluding carboxylic acids is 1. The maximum atomic E-state index is 9.93. The van der Waals surface area contributed by atoms with Crippen molar-refractivity contribution in [1.82, 2.24) is 5.32 Å². The normalized spacial score (nSPS) is 9.70. The standard InChI is InChI=1S/C14H18.C4H9NO/c1-11(2)6-5-7-14-9-8-12(3)10-13(14)4;1-3-5-4(2)6/h5-10H,1-4H3;3H2,1-2H3,(H,5,6)/b7-5-;. The number of benzene rings is 1. The van der Waals surface area contributed by atoms with E-state index in [1.54, 1.807) is 0 Å². The maximum absolute atomic E-state index is 9.93. The Morgan fingerprint density at radius 2 is 1.85 bits per heavy atom. The number of nitrogens with one attached hydrogen (secondary N) is 1. The van der Waals surface area contributed by atoms with E-state index in [1.807, 2.05) is 6.92 Å². The highest BCUT2D eigenvalue weighted by atomic mass is 16.1. The number of carbonyl (C=O) groups is 1. The van der Waals surface area contributed by atoms with Gasteiger partial charge in [0.05, 0.1) is 0 Å². The molecule has 1 aromatic rings. The zero-order chi connectivity index (χ0) is 15.5. The monoisotopic (exact) mass is 273 g/mol. The molecule has 0 radical (unpaired) electrons. The van der Waals surface area contributed by atoms with Crippen molar-refractivity contribution in [2.75, 3.05) is 6.54 Å².